The molecule has 2 heterocycles. The van der Waals surface area contributed by atoms with Gasteiger partial charge in [-0.3, -0.25) is 0 Å². The van der Waals surface area contributed by atoms with Crippen molar-refractivity contribution in [2.45, 2.75) is 26.2 Å². The van der Waals surface area contributed by atoms with Gasteiger partial charge in [-0.15, -0.1) is 11.3 Å². The number of fused-ring (bicyclic) bond motifs is 1. The van der Waals surface area contributed by atoms with Crippen molar-refractivity contribution in [3.8, 4) is 0 Å². The van der Waals surface area contributed by atoms with Gasteiger partial charge in [0.25, 0.3) is 0 Å². The van der Waals surface area contributed by atoms with E-state index in [0.29, 0.717) is 0 Å². The van der Waals surface area contributed by atoms with Gasteiger partial charge in [-0.05, 0) is 24.5 Å². The summed E-state index contributed by atoms with van der Waals surface area (Å²) in [5.74, 6) is 1.86. The fourth-order valence-corrected chi connectivity index (χ4v) is 3.38. The lowest BCUT2D eigenvalue weighted by molar-refractivity contribution is 0.873. The van der Waals surface area contributed by atoms with Crippen LogP contribution in [-0.4, -0.2) is 17.0 Å². The molecule has 0 bridgehead atoms. The van der Waals surface area contributed by atoms with Crippen LogP contribution in [0.25, 0.3) is 10.2 Å². The Morgan fingerprint density at radius 3 is 2.62 bits per heavy atom. The number of anilines is 1. The zero-order valence-electron chi connectivity index (χ0n) is 12.4. The van der Waals surface area contributed by atoms with Gasteiger partial charge in [-0.2, -0.15) is 0 Å². The lowest BCUT2D eigenvalue weighted by atomic mass is 10.1. The van der Waals surface area contributed by atoms with Crippen LogP contribution in [0.4, 0.5) is 5.82 Å². The molecular formula is C17H19N3S. The molecule has 0 amide bonds. The number of rotatable bonds is 5. The fourth-order valence-electron chi connectivity index (χ4n) is 2.39. The van der Waals surface area contributed by atoms with Crippen LogP contribution in [0.1, 0.15) is 23.2 Å². The number of nitrogens with zero attached hydrogens (tertiary/aromatic N) is 2. The van der Waals surface area contributed by atoms with Crippen LogP contribution in [0.3, 0.4) is 0 Å². The first-order chi connectivity index (χ1) is 10.3. The van der Waals surface area contributed by atoms with E-state index in [4.69, 9.17) is 4.98 Å². The van der Waals surface area contributed by atoms with E-state index in [0.717, 1.165) is 41.1 Å². The molecule has 3 aromatic rings. The zero-order valence-corrected chi connectivity index (χ0v) is 13.2. The SMILES string of the molecule is CCc1cc2c(NC)nc(CCc3ccccc3)nc2s1. The third-order valence-corrected chi connectivity index (χ3v) is 4.73. The predicted molar refractivity (Wildman–Crippen MR) is 90.2 cm³/mol. The summed E-state index contributed by atoms with van der Waals surface area (Å²) in [6.07, 6.45) is 2.89. The van der Waals surface area contributed by atoms with Crippen molar-refractivity contribution in [1.29, 1.82) is 0 Å². The average Bonchev–Trinajstić information content (AvgIpc) is 2.96. The van der Waals surface area contributed by atoms with Gasteiger partial charge in [-0.25, -0.2) is 9.97 Å². The molecule has 21 heavy (non-hydrogen) atoms. The maximum absolute atomic E-state index is 4.73. The van der Waals surface area contributed by atoms with Crippen LogP contribution >= 0.6 is 11.3 Å². The minimum absolute atomic E-state index is 0.869. The largest absolute Gasteiger partial charge is 0.372 e. The average molecular weight is 297 g/mol. The van der Waals surface area contributed by atoms with Gasteiger partial charge in [0.15, 0.2) is 0 Å². The van der Waals surface area contributed by atoms with Crippen molar-refractivity contribution in [3.05, 3.63) is 52.7 Å². The molecule has 0 atom stereocenters. The topological polar surface area (TPSA) is 37.8 Å². The summed E-state index contributed by atoms with van der Waals surface area (Å²) in [7, 11) is 1.92. The highest BCUT2D eigenvalue weighted by Gasteiger charge is 2.10. The van der Waals surface area contributed by atoms with E-state index in [9.17, 15) is 0 Å². The number of benzene rings is 1. The lowest BCUT2D eigenvalue weighted by Crippen LogP contribution is -2.02. The Bertz CT molecular complexity index is 734. The van der Waals surface area contributed by atoms with Gasteiger partial charge >= 0.3 is 0 Å². The molecule has 0 aliphatic heterocycles. The number of thiophene rings is 1. The van der Waals surface area contributed by atoms with E-state index in [1.165, 1.54) is 10.4 Å². The van der Waals surface area contributed by atoms with E-state index in [1.54, 1.807) is 11.3 Å². The van der Waals surface area contributed by atoms with E-state index < -0.39 is 0 Å². The summed E-state index contributed by atoms with van der Waals surface area (Å²) >= 11 is 1.77. The minimum atomic E-state index is 0.869. The Hall–Kier alpha value is -1.94. The molecule has 3 rings (SSSR count). The predicted octanol–water partition coefficient (Wildman–Crippen LogP) is 4.08. The van der Waals surface area contributed by atoms with Crippen LogP contribution < -0.4 is 5.32 Å². The Kier molecular flexibility index (Phi) is 4.15. The first-order valence-corrected chi connectivity index (χ1v) is 8.12. The number of nitrogens with one attached hydrogen (secondary N) is 1. The Morgan fingerprint density at radius 2 is 1.90 bits per heavy atom. The molecule has 0 fully saturated rings. The van der Waals surface area contributed by atoms with E-state index in [2.05, 4.69) is 47.6 Å². The summed E-state index contributed by atoms with van der Waals surface area (Å²) in [5.41, 5.74) is 1.33. The molecule has 4 heteroatoms. The summed E-state index contributed by atoms with van der Waals surface area (Å²) in [6, 6.07) is 12.7. The van der Waals surface area contributed by atoms with Gasteiger partial charge < -0.3 is 5.32 Å². The molecule has 0 spiro atoms. The molecule has 0 saturated carbocycles. The van der Waals surface area contributed by atoms with Gasteiger partial charge in [0.05, 0.1) is 5.39 Å². The fraction of sp³-hybridized carbons (Fsp3) is 0.294. The highest BCUT2D eigenvalue weighted by Crippen LogP contribution is 2.29. The molecule has 2 aromatic heterocycles. The minimum Gasteiger partial charge on any atom is -0.372 e. The summed E-state index contributed by atoms with van der Waals surface area (Å²) in [4.78, 5) is 11.9. The normalized spacial score (nSPS) is 11.0. The van der Waals surface area contributed by atoms with Crippen molar-refractivity contribution in [1.82, 2.24) is 9.97 Å². The molecular weight excluding hydrogens is 278 g/mol. The summed E-state index contributed by atoms with van der Waals surface area (Å²) in [6.45, 7) is 2.17. The van der Waals surface area contributed by atoms with Crippen LogP contribution in [0.5, 0.6) is 0 Å². The van der Waals surface area contributed by atoms with E-state index in [1.807, 2.05) is 13.1 Å². The second kappa shape index (κ2) is 6.22. The molecule has 0 aliphatic carbocycles. The molecule has 0 unspecified atom stereocenters. The smallest absolute Gasteiger partial charge is 0.138 e. The van der Waals surface area contributed by atoms with Gasteiger partial charge in [0, 0.05) is 18.3 Å². The van der Waals surface area contributed by atoms with E-state index >= 15 is 0 Å². The highest BCUT2D eigenvalue weighted by atomic mass is 32.1. The van der Waals surface area contributed by atoms with Crippen LogP contribution in [0.2, 0.25) is 0 Å². The van der Waals surface area contributed by atoms with Crippen LogP contribution in [0, 0.1) is 0 Å². The summed E-state index contributed by atoms with van der Waals surface area (Å²) in [5, 5.41) is 4.34. The Labute approximate surface area is 129 Å². The first kappa shape index (κ1) is 14.0. The second-order valence-corrected chi connectivity index (χ2v) is 6.12. The third-order valence-electron chi connectivity index (χ3n) is 3.56. The second-order valence-electron chi connectivity index (χ2n) is 5.01. The molecule has 1 N–H and O–H groups in total. The standard InChI is InChI=1S/C17H19N3S/c1-3-13-11-14-16(18-2)19-15(20-17(14)21-13)10-9-12-7-5-4-6-8-12/h4-8,11H,3,9-10H2,1-2H3,(H,18,19,20). The van der Waals surface area contributed by atoms with Crippen molar-refractivity contribution >= 4 is 27.4 Å². The Morgan fingerprint density at radius 1 is 1.10 bits per heavy atom. The van der Waals surface area contributed by atoms with E-state index in [-0.39, 0.29) is 0 Å². The van der Waals surface area contributed by atoms with Crippen molar-refractivity contribution in [2.24, 2.45) is 0 Å². The lowest BCUT2D eigenvalue weighted by Gasteiger charge is -2.05. The van der Waals surface area contributed by atoms with Gasteiger partial charge in [0.2, 0.25) is 0 Å². The monoisotopic (exact) mass is 297 g/mol. The summed E-state index contributed by atoms with van der Waals surface area (Å²) < 4.78 is 0. The third kappa shape index (κ3) is 3.05. The van der Waals surface area contributed by atoms with Crippen LogP contribution in [0.15, 0.2) is 36.4 Å². The van der Waals surface area contributed by atoms with Crippen molar-refractivity contribution in [3.63, 3.8) is 0 Å². The first-order valence-electron chi connectivity index (χ1n) is 7.31. The quantitative estimate of drug-likeness (QED) is 0.771. The number of aryl methyl sites for hydroxylation is 3. The molecule has 3 nitrogen and oxygen atoms in total. The molecule has 108 valence electrons. The number of hydrogen-bond donors (Lipinski definition) is 1. The highest BCUT2D eigenvalue weighted by molar-refractivity contribution is 7.18. The number of aromatic nitrogens is 2. The van der Waals surface area contributed by atoms with Gasteiger partial charge in [0.1, 0.15) is 16.5 Å². The Balaban J connectivity index is 1.88. The van der Waals surface area contributed by atoms with Crippen molar-refractivity contribution in [2.75, 3.05) is 12.4 Å². The molecule has 0 saturated heterocycles. The van der Waals surface area contributed by atoms with Crippen LogP contribution in [-0.2, 0) is 19.3 Å². The molecule has 1 aromatic carbocycles. The number of hydrogen-bond acceptors (Lipinski definition) is 4. The zero-order chi connectivity index (χ0) is 14.7. The maximum Gasteiger partial charge on any atom is 0.138 e. The van der Waals surface area contributed by atoms with Gasteiger partial charge in [-0.1, -0.05) is 37.3 Å². The maximum atomic E-state index is 4.73. The molecule has 0 aliphatic rings. The van der Waals surface area contributed by atoms with Crippen molar-refractivity contribution < 1.29 is 0 Å². The molecule has 0 radical (unpaired) electrons.